The van der Waals surface area contributed by atoms with Gasteiger partial charge in [0.1, 0.15) is 11.6 Å². The minimum Gasteiger partial charge on any atom is -0.497 e. The zero-order valence-corrected chi connectivity index (χ0v) is 15.6. The first-order chi connectivity index (χ1) is 13.3. The molecule has 0 bridgehead atoms. The first-order valence-corrected chi connectivity index (χ1v) is 9.42. The van der Waals surface area contributed by atoms with Gasteiger partial charge in [0.25, 0.3) is 0 Å². The molecule has 2 aromatic carbocycles. The number of hydrogen-bond donors (Lipinski definition) is 1. The molecule has 0 spiro atoms. The molecule has 1 aromatic heterocycles. The highest BCUT2D eigenvalue weighted by atomic mass is 16.5. The van der Waals surface area contributed by atoms with Crippen LogP contribution in [-0.2, 0) is 0 Å². The van der Waals surface area contributed by atoms with E-state index in [9.17, 15) is 0 Å². The van der Waals surface area contributed by atoms with Gasteiger partial charge >= 0.3 is 0 Å². The molecule has 3 aromatic rings. The van der Waals surface area contributed by atoms with Crippen molar-refractivity contribution < 1.29 is 4.74 Å². The maximum atomic E-state index is 5.23. The summed E-state index contributed by atoms with van der Waals surface area (Å²) >= 11 is 0. The monoisotopic (exact) mass is 360 g/mol. The molecule has 0 radical (unpaired) electrons. The van der Waals surface area contributed by atoms with Crippen LogP contribution in [0.15, 0.2) is 60.7 Å². The first-order valence-electron chi connectivity index (χ1n) is 9.42. The molecular formula is C22H24N4O. The highest BCUT2D eigenvalue weighted by Crippen LogP contribution is 2.27. The molecule has 5 heteroatoms. The second kappa shape index (κ2) is 8.08. The molecule has 0 unspecified atom stereocenters. The van der Waals surface area contributed by atoms with Crippen LogP contribution in [-0.4, -0.2) is 30.2 Å². The van der Waals surface area contributed by atoms with Crippen LogP contribution >= 0.6 is 0 Å². The predicted octanol–water partition coefficient (Wildman–Crippen LogP) is 4.89. The molecule has 4 rings (SSSR count). The van der Waals surface area contributed by atoms with Gasteiger partial charge in [0.05, 0.1) is 12.8 Å². The molecule has 2 heterocycles. The molecule has 138 valence electrons. The third kappa shape index (κ3) is 4.19. The average Bonchev–Trinajstić information content (AvgIpc) is 2.75. The van der Waals surface area contributed by atoms with E-state index in [4.69, 9.17) is 14.7 Å². The van der Waals surface area contributed by atoms with Crippen LogP contribution in [0.4, 0.5) is 17.5 Å². The van der Waals surface area contributed by atoms with E-state index in [2.05, 4.69) is 28.4 Å². The summed E-state index contributed by atoms with van der Waals surface area (Å²) in [5.74, 6) is 2.43. The van der Waals surface area contributed by atoms with Gasteiger partial charge in [-0.1, -0.05) is 30.3 Å². The van der Waals surface area contributed by atoms with Crippen LogP contribution in [0.5, 0.6) is 5.75 Å². The number of benzene rings is 2. The molecule has 0 atom stereocenters. The fraction of sp³-hybridized carbons (Fsp3) is 0.273. The Bertz CT molecular complexity index is 875. The number of methoxy groups -OCH3 is 1. The van der Waals surface area contributed by atoms with E-state index in [-0.39, 0.29) is 0 Å². The fourth-order valence-electron chi connectivity index (χ4n) is 3.34. The summed E-state index contributed by atoms with van der Waals surface area (Å²) in [6.07, 6.45) is 3.72. The lowest BCUT2D eigenvalue weighted by Crippen LogP contribution is -2.30. The summed E-state index contributed by atoms with van der Waals surface area (Å²) in [6.45, 7) is 2.10. The maximum absolute atomic E-state index is 5.23. The third-order valence-corrected chi connectivity index (χ3v) is 4.81. The quantitative estimate of drug-likeness (QED) is 0.702. The summed E-state index contributed by atoms with van der Waals surface area (Å²) < 4.78 is 5.23. The van der Waals surface area contributed by atoms with Crippen molar-refractivity contribution in [1.29, 1.82) is 0 Å². The van der Waals surface area contributed by atoms with Crippen LogP contribution in [0, 0.1) is 0 Å². The van der Waals surface area contributed by atoms with E-state index in [0.29, 0.717) is 5.95 Å². The van der Waals surface area contributed by atoms with E-state index in [1.54, 1.807) is 7.11 Å². The van der Waals surface area contributed by atoms with Crippen LogP contribution in [0.25, 0.3) is 11.3 Å². The number of ether oxygens (including phenoxy) is 1. The lowest BCUT2D eigenvalue weighted by atomic mass is 10.1. The molecular weight excluding hydrogens is 336 g/mol. The lowest BCUT2D eigenvalue weighted by Gasteiger charge is -2.28. The summed E-state index contributed by atoms with van der Waals surface area (Å²) in [7, 11) is 1.67. The molecule has 0 saturated carbocycles. The first kappa shape index (κ1) is 17.3. The smallest absolute Gasteiger partial charge is 0.229 e. The molecule has 0 amide bonds. The van der Waals surface area contributed by atoms with Crippen LogP contribution in [0.2, 0.25) is 0 Å². The minimum atomic E-state index is 0.613. The number of hydrogen-bond acceptors (Lipinski definition) is 5. The number of nitrogens with zero attached hydrogens (tertiary/aromatic N) is 3. The van der Waals surface area contributed by atoms with Crippen LogP contribution in [0.1, 0.15) is 19.3 Å². The standard InChI is InChI=1S/C22H24N4O/c1-27-19-12-10-18(11-13-19)23-22-24-20(17-8-4-2-5-9-17)16-21(25-22)26-14-6-3-7-15-26/h2,4-5,8-13,16H,3,6-7,14-15H2,1H3,(H,23,24,25). The molecule has 1 aliphatic heterocycles. The molecule has 1 saturated heterocycles. The van der Waals surface area contributed by atoms with Crippen molar-refractivity contribution >= 4 is 17.5 Å². The van der Waals surface area contributed by atoms with Crippen molar-refractivity contribution in [3.63, 3.8) is 0 Å². The SMILES string of the molecule is COc1ccc(Nc2nc(-c3ccccc3)cc(N3CCCCC3)n2)cc1. The number of nitrogens with one attached hydrogen (secondary N) is 1. The largest absolute Gasteiger partial charge is 0.497 e. The zero-order valence-electron chi connectivity index (χ0n) is 15.6. The maximum Gasteiger partial charge on any atom is 0.229 e. The van der Waals surface area contributed by atoms with E-state index in [0.717, 1.165) is 41.6 Å². The summed E-state index contributed by atoms with van der Waals surface area (Å²) in [5, 5.41) is 3.34. The Morgan fingerprint density at radius 2 is 1.63 bits per heavy atom. The van der Waals surface area contributed by atoms with E-state index in [1.165, 1.54) is 19.3 Å². The van der Waals surface area contributed by atoms with Crippen molar-refractivity contribution in [3.8, 4) is 17.0 Å². The Balaban J connectivity index is 1.68. The Hall–Kier alpha value is -3.08. The molecule has 5 nitrogen and oxygen atoms in total. The number of anilines is 3. The van der Waals surface area contributed by atoms with Gasteiger partial charge in [-0.05, 0) is 43.5 Å². The molecule has 1 fully saturated rings. The van der Waals surface area contributed by atoms with Crippen molar-refractivity contribution in [3.05, 3.63) is 60.7 Å². The Labute approximate surface area is 160 Å². The zero-order chi connectivity index (χ0) is 18.5. The predicted molar refractivity (Wildman–Crippen MR) is 110 cm³/mol. The normalized spacial score (nSPS) is 14.0. The number of rotatable bonds is 5. The highest BCUT2D eigenvalue weighted by molar-refractivity contribution is 5.66. The van der Waals surface area contributed by atoms with Crippen LogP contribution < -0.4 is 15.0 Å². The molecule has 1 aliphatic rings. The molecule has 27 heavy (non-hydrogen) atoms. The van der Waals surface area contributed by atoms with Gasteiger partial charge in [0.2, 0.25) is 5.95 Å². The van der Waals surface area contributed by atoms with E-state index >= 15 is 0 Å². The number of piperidine rings is 1. The van der Waals surface area contributed by atoms with Crippen molar-refractivity contribution in [2.45, 2.75) is 19.3 Å². The number of aromatic nitrogens is 2. The van der Waals surface area contributed by atoms with E-state index < -0.39 is 0 Å². The molecule has 0 aliphatic carbocycles. The van der Waals surface area contributed by atoms with Gasteiger partial charge in [0.15, 0.2) is 0 Å². The lowest BCUT2D eigenvalue weighted by molar-refractivity contribution is 0.415. The minimum absolute atomic E-state index is 0.613. The van der Waals surface area contributed by atoms with Gasteiger partial charge in [-0.3, -0.25) is 0 Å². The average molecular weight is 360 g/mol. The second-order valence-electron chi connectivity index (χ2n) is 6.70. The van der Waals surface area contributed by atoms with Gasteiger partial charge in [0, 0.05) is 30.4 Å². The fourth-order valence-corrected chi connectivity index (χ4v) is 3.34. The van der Waals surface area contributed by atoms with Crippen molar-refractivity contribution in [2.24, 2.45) is 0 Å². The Kier molecular flexibility index (Phi) is 5.19. The Morgan fingerprint density at radius 1 is 0.889 bits per heavy atom. The van der Waals surface area contributed by atoms with Crippen molar-refractivity contribution in [2.75, 3.05) is 30.4 Å². The highest BCUT2D eigenvalue weighted by Gasteiger charge is 2.15. The van der Waals surface area contributed by atoms with Crippen molar-refractivity contribution in [1.82, 2.24) is 9.97 Å². The second-order valence-corrected chi connectivity index (χ2v) is 6.70. The molecule has 1 N–H and O–H groups in total. The van der Waals surface area contributed by atoms with Crippen LogP contribution in [0.3, 0.4) is 0 Å². The summed E-state index contributed by atoms with van der Waals surface area (Å²) in [6, 6.07) is 20.1. The Morgan fingerprint density at radius 3 is 2.33 bits per heavy atom. The summed E-state index contributed by atoms with van der Waals surface area (Å²) in [4.78, 5) is 11.9. The topological polar surface area (TPSA) is 50.3 Å². The van der Waals surface area contributed by atoms with E-state index in [1.807, 2.05) is 42.5 Å². The van der Waals surface area contributed by atoms with Gasteiger partial charge < -0.3 is 15.0 Å². The van der Waals surface area contributed by atoms with Gasteiger partial charge in [-0.2, -0.15) is 4.98 Å². The summed E-state index contributed by atoms with van der Waals surface area (Å²) in [5.41, 5.74) is 2.96. The van der Waals surface area contributed by atoms with Gasteiger partial charge in [-0.25, -0.2) is 4.98 Å². The van der Waals surface area contributed by atoms with Gasteiger partial charge in [-0.15, -0.1) is 0 Å². The third-order valence-electron chi connectivity index (χ3n) is 4.81.